The van der Waals surface area contributed by atoms with Gasteiger partial charge < -0.3 is 4.74 Å². The van der Waals surface area contributed by atoms with Gasteiger partial charge in [-0.25, -0.2) is 0 Å². The zero-order valence-corrected chi connectivity index (χ0v) is 13.6. The van der Waals surface area contributed by atoms with Crippen LogP contribution in [0.5, 0.6) is 0 Å². The number of halogens is 3. The highest BCUT2D eigenvalue weighted by Crippen LogP contribution is 2.44. The average molecular weight is 419 g/mol. The number of hydrogen-bond acceptors (Lipinski definition) is 2. The van der Waals surface area contributed by atoms with Crippen LogP contribution in [0.3, 0.4) is 0 Å². The Bertz CT molecular complexity index is 314. The first-order valence-corrected chi connectivity index (χ1v) is 8.17. The van der Waals surface area contributed by atoms with Gasteiger partial charge in [0.2, 0.25) is 0 Å². The van der Waals surface area contributed by atoms with E-state index in [-0.39, 0.29) is 0 Å². The molecule has 0 spiro atoms. The van der Waals surface area contributed by atoms with Crippen LogP contribution >= 0.6 is 59.1 Å². The molecule has 0 bridgehead atoms. The fraction of sp³-hybridized carbons (Fsp3) is 0.600. The van der Waals surface area contributed by atoms with E-state index in [2.05, 4.69) is 53.9 Å². The molecule has 1 aliphatic heterocycles. The third-order valence-electron chi connectivity index (χ3n) is 2.62. The molecule has 2 heterocycles. The third kappa shape index (κ3) is 3.06. The summed E-state index contributed by atoms with van der Waals surface area (Å²) in [5.74, 6) is 0.705. The van der Waals surface area contributed by atoms with Gasteiger partial charge in [0.15, 0.2) is 0 Å². The van der Waals surface area contributed by atoms with Gasteiger partial charge >= 0.3 is 0 Å². The first-order valence-electron chi connectivity index (χ1n) is 4.85. The predicted octanol–water partition coefficient (Wildman–Crippen LogP) is 5.14. The Kier molecular flexibility index (Phi) is 4.71. The molecule has 1 unspecified atom stereocenters. The van der Waals surface area contributed by atoms with E-state index in [4.69, 9.17) is 4.74 Å². The molecular formula is C10H11Br3OS. The zero-order chi connectivity index (χ0) is 10.8. The minimum atomic E-state index is 0.467. The molecule has 1 aliphatic rings. The monoisotopic (exact) mass is 416 g/mol. The van der Waals surface area contributed by atoms with Crippen LogP contribution in [0.1, 0.15) is 22.5 Å². The maximum Gasteiger partial charge on any atom is 0.0843 e. The first-order chi connectivity index (χ1) is 7.18. The van der Waals surface area contributed by atoms with Gasteiger partial charge in [-0.2, -0.15) is 0 Å². The van der Waals surface area contributed by atoms with Crippen LogP contribution in [-0.2, 0) is 4.74 Å². The van der Waals surface area contributed by atoms with Crippen LogP contribution < -0.4 is 0 Å². The smallest absolute Gasteiger partial charge is 0.0843 e. The molecule has 5 heteroatoms. The molecule has 2 rings (SSSR count). The second kappa shape index (κ2) is 5.63. The molecule has 0 N–H and O–H groups in total. The largest absolute Gasteiger partial charge is 0.381 e. The Labute approximate surface area is 119 Å². The van der Waals surface area contributed by atoms with Crippen LogP contribution in [-0.4, -0.2) is 13.2 Å². The van der Waals surface area contributed by atoms with E-state index in [1.54, 1.807) is 11.3 Å². The summed E-state index contributed by atoms with van der Waals surface area (Å²) in [5.41, 5.74) is 0. The lowest BCUT2D eigenvalue weighted by atomic mass is 9.96. The molecule has 0 radical (unpaired) electrons. The maximum absolute atomic E-state index is 5.38. The van der Waals surface area contributed by atoms with E-state index in [1.165, 1.54) is 8.66 Å². The summed E-state index contributed by atoms with van der Waals surface area (Å²) in [6, 6.07) is 2.20. The number of rotatable bonds is 2. The molecule has 15 heavy (non-hydrogen) atoms. The lowest BCUT2D eigenvalue weighted by Gasteiger charge is -2.25. The molecule has 0 saturated carbocycles. The van der Waals surface area contributed by atoms with Crippen molar-refractivity contribution in [2.24, 2.45) is 5.92 Å². The second-order valence-corrected chi connectivity index (χ2v) is 7.86. The maximum atomic E-state index is 5.38. The van der Waals surface area contributed by atoms with Crippen molar-refractivity contribution < 1.29 is 4.74 Å². The Morgan fingerprint density at radius 2 is 2.00 bits per heavy atom. The molecule has 0 amide bonds. The summed E-state index contributed by atoms with van der Waals surface area (Å²) in [7, 11) is 0. The van der Waals surface area contributed by atoms with Crippen LogP contribution in [0.15, 0.2) is 14.3 Å². The normalized spacial score (nSPS) is 20.5. The number of ether oxygens (including phenoxy) is 1. The molecule has 1 aromatic rings. The lowest BCUT2D eigenvalue weighted by molar-refractivity contribution is 0.0664. The quantitative estimate of drug-likeness (QED) is 0.604. The fourth-order valence-corrected chi connectivity index (χ4v) is 4.84. The average Bonchev–Trinajstić information content (AvgIpc) is 2.59. The highest BCUT2D eigenvalue weighted by atomic mass is 79.9. The molecule has 0 aliphatic carbocycles. The highest BCUT2D eigenvalue weighted by molar-refractivity contribution is 9.13. The zero-order valence-electron chi connectivity index (χ0n) is 8.01. The van der Waals surface area contributed by atoms with Crippen molar-refractivity contribution in [3.05, 3.63) is 19.2 Å². The standard InChI is InChI=1S/C10H11Br3OS/c11-7-5-8(15-10(7)13)9(12)6-1-3-14-4-2-6/h5-6,9H,1-4H2. The summed E-state index contributed by atoms with van der Waals surface area (Å²) in [5, 5.41) is 0. The van der Waals surface area contributed by atoms with Crippen LogP contribution in [0, 0.1) is 5.92 Å². The van der Waals surface area contributed by atoms with Crippen molar-refractivity contribution in [2.75, 3.05) is 13.2 Å². The minimum Gasteiger partial charge on any atom is -0.381 e. The van der Waals surface area contributed by atoms with E-state index in [1.807, 2.05) is 0 Å². The summed E-state index contributed by atoms with van der Waals surface area (Å²) in [6.45, 7) is 1.81. The Morgan fingerprint density at radius 3 is 2.53 bits per heavy atom. The minimum absolute atomic E-state index is 0.467. The van der Waals surface area contributed by atoms with Gasteiger partial charge in [-0.15, -0.1) is 11.3 Å². The summed E-state index contributed by atoms with van der Waals surface area (Å²) >= 11 is 12.7. The third-order valence-corrected chi connectivity index (χ3v) is 7.50. The van der Waals surface area contributed by atoms with E-state index < -0.39 is 0 Å². The first kappa shape index (κ1) is 12.6. The van der Waals surface area contributed by atoms with Crippen molar-refractivity contribution in [2.45, 2.75) is 17.7 Å². The second-order valence-electron chi connectivity index (χ2n) is 3.62. The number of alkyl halides is 1. The van der Waals surface area contributed by atoms with Crippen molar-refractivity contribution in [3.63, 3.8) is 0 Å². The SMILES string of the molecule is Brc1cc(C(Br)C2CCOCC2)sc1Br. The van der Waals surface area contributed by atoms with Crippen molar-refractivity contribution in [3.8, 4) is 0 Å². The Morgan fingerprint density at radius 1 is 1.33 bits per heavy atom. The summed E-state index contributed by atoms with van der Waals surface area (Å²) < 4.78 is 7.71. The molecule has 1 aromatic heterocycles. The van der Waals surface area contributed by atoms with Gasteiger partial charge in [0.25, 0.3) is 0 Å². The molecule has 1 fully saturated rings. The van der Waals surface area contributed by atoms with Gasteiger partial charge in [0, 0.05) is 22.6 Å². The molecule has 84 valence electrons. The highest BCUT2D eigenvalue weighted by Gasteiger charge is 2.24. The van der Waals surface area contributed by atoms with Crippen molar-refractivity contribution >= 4 is 59.1 Å². The molecule has 1 saturated heterocycles. The lowest BCUT2D eigenvalue weighted by Crippen LogP contribution is -2.18. The molecular weight excluding hydrogens is 408 g/mol. The van der Waals surface area contributed by atoms with Crippen LogP contribution in [0.2, 0.25) is 0 Å². The van der Waals surface area contributed by atoms with E-state index in [0.717, 1.165) is 30.5 Å². The fourth-order valence-electron chi connectivity index (χ4n) is 1.74. The predicted molar refractivity (Wildman–Crippen MR) is 74.9 cm³/mol. The molecule has 0 aromatic carbocycles. The van der Waals surface area contributed by atoms with E-state index in [0.29, 0.717) is 10.7 Å². The van der Waals surface area contributed by atoms with Gasteiger partial charge in [0.05, 0.1) is 8.61 Å². The van der Waals surface area contributed by atoms with Gasteiger partial charge in [-0.05, 0) is 56.7 Å². The van der Waals surface area contributed by atoms with E-state index in [9.17, 15) is 0 Å². The van der Waals surface area contributed by atoms with Crippen molar-refractivity contribution in [1.82, 2.24) is 0 Å². The summed E-state index contributed by atoms with van der Waals surface area (Å²) in [6.07, 6.45) is 2.31. The van der Waals surface area contributed by atoms with Gasteiger partial charge in [-0.1, -0.05) is 15.9 Å². The number of hydrogen-bond donors (Lipinski definition) is 0. The number of thiophene rings is 1. The van der Waals surface area contributed by atoms with Crippen molar-refractivity contribution in [1.29, 1.82) is 0 Å². The van der Waals surface area contributed by atoms with Crippen LogP contribution in [0.4, 0.5) is 0 Å². The molecule has 1 nitrogen and oxygen atoms in total. The van der Waals surface area contributed by atoms with Gasteiger partial charge in [-0.3, -0.25) is 0 Å². The van der Waals surface area contributed by atoms with E-state index >= 15 is 0 Å². The Balaban J connectivity index is 2.08. The van der Waals surface area contributed by atoms with Crippen LogP contribution in [0.25, 0.3) is 0 Å². The molecule has 1 atom stereocenters. The topological polar surface area (TPSA) is 9.23 Å². The Hall–Kier alpha value is 1.10. The summed E-state index contributed by atoms with van der Waals surface area (Å²) in [4.78, 5) is 1.86. The van der Waals surface area contributed by atoms with Gasteiger partial charge in [0.1, 0.15) is 0 Å².